The molecule has 1 aromatic carbocycles. The van der Waals surface area contributed by atoms with Crippen LogP contribution in [0.5, 0.6) is 0 Å². The lowest BCUT2D eigenvalue weighted by Gasteiger charge is -2.16. The predicted octanol–water partition coefficient (Wildman–Crippen LogP) is 1.96. The molecule has 90 valence electrons. The number of non-ortho nitro benzene ring substituents is 1. The van der Waals surface area contributed by atoms with Crippen LogP contribution in [0.15, 0.2) is 24.3 Å². The highest BCUT2D eigenvalue weighted by atomic mass is 16.6. The molecule has 0 radical (unpaired) electrons. The highest BCUT2D eigenvalue weighted by molar-refractivity contribution is 5.80. The highest BCUT2D eigenvalue weighted by Crippen LogP contribution is 2.31. The van der Waals surface area contributed by atoms with Gasteiger partial charge in [0.25, 0.3) is 5.69 Å². The topological polar surface area (TPSA) is 63.4 Å². The van der Waals surface area contributed by atoms with Crippen LogP contribution in [-0.2, 0) is 11.3 Å². The third-order valence-corrected chi connectivity index (χ3v) is 2.84. The first kappa shape index (κ1) is 11.6. The number of nitro groups is 1. The van der Waals surface area contributed by atoms with Crippen LogP contribution in [0.25, 0.3) is 0 Å². The van der Waals surface area contributed by atoms with Crippen molar-refractivity contribution < 1.29 is 9.72 Å². The molecule has 2 rings (SSSR count). The van der Waals surface area contributed by atoms with Crippen molar-refractivity contribution in [2.24, 2.45) is 5.92 Å². The maximum absolute atomic E-state index is 11.7. The summed E-state index contributed by atoms with van der Waals surface area (Å²) in [6.45, 7) is 0.428. The number of rotatable bonds is 4. The number of benzene rings is 1. The van der Waals surface area contributed by atoms with Crippen LogP contribution in [0.4, 0.5) is 5.69 Å². The van der Waals surface area contributed by atoms with Crippen molar-refractivity contribution in [3.8, 4) is 0 Å². The van der Waals surface area contributed by atoms with Gasteiger partial charge in [-0.3, -0.25) is 14.9 Å². The van der Waals surface area contributed by atoms with E-state index < -0.39 is 4.92 Å². The van der Waals surface area contributed by atoms with E-state index in [1.54, 1.807) is 24.1 Å². The Morgan fingerprint density at radius 3 is 2.82 bits per heavy atom. The molecule has 0 heterocycles. The molecule has 0 aliphatic heterocycles. The van der Waals surface area contributed by atoms with Gasteiger partial charge in [-0.15, -0.1) is 0 Å². The maximum atomic E-state index is 11.7. The van der Waals surface area contributed by atoms with Gasteiger partial charge in [0.1, 0.15) is 0 Å². The molecule has 17 heavy (non-hydrogen) atoms. The fourth-order valence-electron chi connectivity index (χ4n) is 1.76. The van der Waals surface area contributed by atoms with Crippen LogP contribution in [-0.4, -0.2) is 22.8 Å². The number of nitrogens with zero attached hydrogens (tertiary/aromatic N) is 2. The first-order valence-corrected chi connectivity index (χ1v) is 5.56. The number of amides is 1. The number of carbonyl (C=O) groups is 1. The second kappa shape index (κ2) is 4.53. The monoisotopic (exact) mass is 234 g/mol. The summed E-state index contributed by atoms with van der Waals surface area (Å²) in [5.41, 5.74) is 0.852. The molecular weight excluding hydrogens is 220 g/mol. The number of hydrogen-bond donors (Lipinski definition) is 0. The Hall–Kier alpha value is -1.91. The van der Waals surface area contributed by atoms with Gasteiger partial charge >= 0.3 is 0 Å². The molecule has 1 aliphatic carbocycles. The molecule has 0 spiro atoms. The van der Waals surface area contributed by atoms with Gasteiger partial charge in [0, 0.05) is 31.6 Å². The van der Waals surface area contributed by atoms with Crippen molar-refractivity contribution in [2.45, 2.75) is 19.4 Å². The molecule has 0 saturated heterocycles. The normalized spacial score (nSPS) is 14.4. The van der Waals surface area contributed by atoms with Gasteiger partial charge in [-0.25, -0.2) is 0 Å². The molecule has 0 bridgehead atoms. The van der Waals surface area contributed by atoms with E-state index in [1.807, 2.05) is 0 Å². The first-order valence-electron chi connectivity index (χ1n) is 5.56. The van der Waals surface area contributed by atoms with Gasteiger partial charge in [-0.2, -0.15) is 0 Å². The van der Waals surface area contributed by atoms with Crippen LogP contribution >= 0.6 is 0 Å². The van der Waals surface area contributed by atoms with Crippen molar-refractivity contribution in [2.75, 3.05) is 7.05 Å². The van der Waals surface area contributed by atoms with Crippen LogP contribution in [0.2, 0.25) is 0 Å². The molecule has 0 unspecified atom stereocenters. The minimum atomic E-state index is -0.424. The fourth-order valence-corrected chi connectivity index (χ4v) is 1.76. The Morgan fingerprint density at radius 1 is 1.53 bits per heavy atom. The number of hydrogen-bond acceptors (Lipinski definition) is 3. The summed E-state index contributed by atoms with van der Waals surface area (Å²) < 4.78 is 0. The second-order valence-electron chi connectivity index (χ2n) is 4.40. The molecular formula is C12H14N2O3. The molecule has 1 fully saturated rings. The predicted molar refractivity (Wildman–Crippen MR) is 62.3 cm³/mol. The van der Waals surface area contributed by atoms with Crippen molar-refractivity contribution >= 4 is 11.6 Å². The summed E-state index contributed by atoms with van der Waals surface area (Å²) in [6.07, 6.45) is 1.94. The second-order valence-corrected chi connectivity index (χ2v) is 4.40. The van der Waals surface area contributed by atoms with E-state index >= 15 is 0 Å². The van der Waals surface area contributed by atoms with E-state index in [1.165, 1.54) is 12.1 Å². The van der Waals surface area contributed by atoms with Gasteiger partial charge in [-0.05, 0) is 18.4 Å². The Kier molecular flexibility index (Phi) is 3.08. The van der Waals surface area contributed by atoms with Crippen molar-refractivity contribution in [3.63, 3.8) is 0 Å². The van der Waals surface area contributed by atoms with Crippen molar-refractivity contribution in [1.82, 2.24) is 4.90 Å². The molecule has 1 saturated carbocycles. The quantitative estimate of drug-likeness (QED) is 0.591. The summed E-state index contributed by atoms with van der Waals surface area (Å²) in [6, 6.07) is 6.40. The van der Waals surface area contributed by atoms with Gasteiger partial charge in [0.2, 0.25) is 5.91 Å². The van der Waals surface area contributed by atoms with Crippen molar-refractivity contribution in [1.29, 1.82) is 0 Å². The average Bonchev–Trinajstić information content (AvgIpc) is 3.12. The molecule has 0 N–H and O–H groups in total. The smallest absolute Gasteiger partial charge is 0.269 e. The summed E-state index contributed by atoms with van der Waals surface area (Å²) in [5.74, 6) is 0.315. The Balaban J connectivity index is 2.04. The molecule has 5 heteroatoms. The average molecular weight is 234 g/mol. The summed E-state index contributed by atoms with van der Waals surface area (Å²) >= 11 is 0. The minimum absolute atomic E-state index is 0.0646. The molecule has 1 aliphatic rings. The van der Waals surface area contributed by atoms with E-state index in [-0.39, 0.29) is 17.5 Å². The van der Waals surface area contributed by atoms with Crippen LogP contribution in [0.3, 0.4) is 0 Å². The largest absolute Gasteiger partial charge is 0.341 e. The van der Waals surface area contributed by atoms with Crippen LogP contribution in [0.1, 0.15) is 18.4 Å². The zero-order valence-electron chi connectivity index (χ0n) is 9.63. The summed E-state index contributed by atoms with van der Waals surface area (Å²) in [4.78, 5) is 23.5. The van der Waals surface area contributed by atoms with E-state index in [2.05, 4.69) is 0 Å². The lowest BCUT2D eigenvalue weighted by Crippen LogP contribution is -2.27. The standard InChI is InChI=1S/C12H14N2O3/c1-13(12(15)10-5-6-10)8-9-3-2-4-11(7-9)14(16)17/h2-4,7,10H,5-6,8H2,1H3. The zero-order chi connectivity index (χ0) is 12.4. The molecule has 0 aromatic heterocycles. The Labute approximate surface area is 99.2 Å². The molecule has 1 amide bonds. The molecule has 0 atom stereocenters. The van der Waals surface area contributed by atoms with E-state index in [0.717, 1.165) is 18.4 Å². The zero-order valence-corrected chi connectivity index (χ0v) is 9.63. The molecule has 5 nitrogen and oxygen atoms in total. The third-order valence-electron chi connectivity index (χ3n) is 2.84. The minimum Gasteiger partial charge on any atom is -0.341 e. The highest BCUT2D eigenvalue weighted by Gasteiger charge is 2.31. The first-order chi connectivity index (χ1) is 8.08. The lowest BCUT2D eigenvalue weighted by atomic mass is 10.2. The summed E-state index contributed by atoms with van der Waals surface area (Å²) in [5, 5.41) is 10.6. The summed E-state index contributed by atoms with van der Waals surface area (Å²) in [7, 11) is 1.74. The van der Waals surface area contributed by atoms with Gasteiger partial charge < -0.3 is 4.90 Å². The van der Waals surface area contributed by atoms with Crippen molar-refractivity contribution in [3.05, 3.63) is 39.9 Å². The number of carbonyl (C=O) groups excluding carboxylic acids is 1. The van der Waals surface area contributed by atoms with E-state index in [9.17, 15) is 14.9 Å². The molecule has 1 aromatic rings. The number of nitro benzene ring substituents is 1. The van der Waals surface area contributed by atoms with Crippen LogP contribution in [0, 0.1) is 16.0 Å². The van der Waals surface area contributed by atoms with Crippen LogP contribution < -0.4 is 0 Å². The van der Waals surface area contributed by atoms with Gasteiger partial charge in [-0.1, -0.05) is 12.1 Å². The SMILES string of the molecule is CN(Cc1cccc([N+](=O)[O-])c1)C(=O)C1CC1. The van der Waals surface area contributed by atoms with Gasteiger partial charge in [0.05, 0.1) is 4.92 Å². The van der Waals surface area contributed by atoms with Gasteiger partial charge in [0.15, 0.2) is 0 Å². The third kappa shape index (κ3) is 2.81. The lowest BCUT2D eigenvalue weighted by molar-refractivity contribution is -0.384. The fraction of sp³-hybridized carbons (Fsp3) is 0.417. The Morgan fingerprint density at radius 2 is 2.24 bits per heavy atom. The van der Waals surface area contributed by atoms with E-state index in [0.29, 0.717) is 6.54 Å². The maximum Gasteiger partial charge on any atom is 0.269 e. The van der Waals surface area contributed by atoms with E-state index in [4.69, 9.17) is 0 Å². The Bertz CT molecular complexity index is 455.